The second kappa shape index (κ2) is 7.24. The molecule has 0 spiro atoms. The van der Waals surface area contributed by atoms with Gasteiger partial charge in [-0.25, -0.2) is 0 Å². The van der Waals surface area contributed by atoms with Gasteiger partial charge in [0.05, 0.1) is 28.4 Å². The maximum absolute atomic E-state index is 13.5. The van der Waals surface area contributed by atoms with Crippen LogP contribution in [0.1, 0.15) is 49.4 Å². The SMILES string of the molecule is Cc1cc2c(cc1C)N[C@H](c1coc3ccc(Cl)cc3c1=O)C1=C(CC(C)(C)CC1=O)N2. The Kier molecular flexibility index (Phi) is 4.71. The fourth-order valence-corrected chi connectivity index (χ4v) is 4.93. The van der Waals surface area contributed by atoms with Gasteiger partial charge in [-0.2, -0.15) is 0 Å². The van der Waals surface area contributed by atoms with Crippen molar-refractivity contribution in [1.29, 1.82) is 0 Å². The number of anilines is 2. The van der Waals surface area contributed by atoms with Gasteiger partial charge in [0, 0.05) is 22.7 Å². The van der Waals surface area contributed by atoms with Crippen LogP contribution in [0, 0.1) is 19.3 Å². The first-order valence-electron chi connectivity index (χ1n) is 10.7. The zero-order valence-corrected chi connectivity index (χ0v) is 19.3. The molecular formula is C26H25ClN2O3. The van der Waals surface area contributed by atoms with Crippen LogP contribution < -0.4 is 16.1 Å². The lowest BCUT2D eigenvalue weighted by Gasteiger charge is -2.33. The molecule has 2 aliphatic rings. The van der Waals surface area contributed by atoms with E-state index in [-0.39, 0.29) is 16.6 Å². The Labute approximate surface area is 191 Å². The van der Waals surface area contributed by atoms with E-state index in [0.29, 0.717) is 40.0 Å². The van der Waals surface area contributed by atoms with E-state index < -0.39 is 6.04 Å². The van der Waals surface area contributed by atoms with Crippen LogP contribution in [-0.4, -0.2) is 5.78 Å². The number of hydrogen-bond acceptors (Lipinski definition) is 5. The Morgan fingerprint density at radius 1 is 1.03 bits per heavy atom. The molecule has 1 aliphatic carbocycles. The lowest BCUT2D eigenvalue weighted by Crippen LogP contribution is -2.33. The zero-order valence-electron chi connectivity index (χ0n) is 18.6. The molecule has 1 aliphatic heterocycles. The summed E-state index contributed by atoms with van der Waals surface area (Å²) in [5, 5.41) is 7.88. The molecule has 0 saturated heterocycles. The fourth-order valence-electron chi connectivity index (χ4n) is 4.76. The van der Waals surface area contributed by atoms with E-state index in [1.54, 1.807) is 18.2 Å². The average Bonchev–Trinajstić information content (AvgIpc) is 2.84. The van der Waals surface area contributed by atoms with Crippen molar-refractivity contribution < 1.29 is 9.21 Å². The van der Waals surface area contributed by atoms with E-state index in [1.165, 1.54) is 6.26 Å². The van der Waals surface area contributed by atoms with Crippen LogP contribution in [0.15, 0.2) is 57.1 Å². The lowest BCUT2D eigenvalue weighted by molar-refractivity contribution is -0.118. The maximum atomic E-state index is 13.5. The van der Waals surface area contributed by atoms with E-state index in [0.717, 1.165) is 28.2 Å². The standard InChI is InChI=1S/C26H25ClN2O3/c1-13-7-18-19(8-14(13)2)29-24(23-20(28-18)10-26(3,4)11-21(23)30)17-12-32-22-6-5-15(27)9-16(22)25(17)31/h5-9,12,24,28-29H,10-11H2,1-4H3/t24-/m1/s1. The van der Waals surface area contributed by atoms with Gasteiger partial charge in [0.2, 0.25) is 0 Å². The monoisotopic (exact) mass is 448 g/mol. The van der Waals surface area contributed by atoms with E-state index in [4.69, 9.17) is 16.0 Å². The topological polar surface area (TPSA) is 71.3 Å². The molecule has 2 heterocycles. The summed E-state index contributed by atoms with van der Waals surface area (Å²) in [7, 11) is 0. The molecular weight excluding hydrogens is 424 g/mol. The lowest BCUT2D eigenvalue weighted by atomic mass is 9.73. The number of halogens is 1. The summed E-state index contributed by atoms with van der Waals surface area (Å²) < 4.78 is 5.81. The van der Waals surface area contributed by atoms with Crippen molar-refractivity contribution in [3.63, 3.8) is 0 Å². The Morgan fingerprint density at radius 2 is 1.75 bits per heavy atom. The summed E-state index contributed by atoms with van der Waals surface area (Å²) in [5.41, 5.74) is 5.99. The summed E-state index contributed by atoms with van der Waals surface area (Å²) in [4.78, 5) is 26.9. The van der Waals surface area contributed by atoms with Gasteiger partial charge in [-0.05, 0) is 67.1 Å². The number of nitrogens with one attached hydrogen (secondary N) is 2. The number of ketones is 1. The first-order chi connectivity index (χ1) is 15.1. The van der Waals surface area contributed by atoms with Gasteiger partial charge in [-0.15, -0.1) is 0 Å². The number of carbonyl (C=O) groups excluding carboxylic acids is 1. The Hall–Kier alpha value is -3.05. The molecule has 6 heteroatoms. The van der Waals surface area contributed by atoms with Crippen LogP contribution in [0.25, 0.3) is 11.0 Å². The van der Waals surface area contributed by atoms with Crippen molar-refractivity contribution >= 4 is 39.7 Å². The van der Waals surface area contributed by atoms with Crippen molar-refractivity contribution in [3.8, 4) is 0 Å². The molecule has 32 heavy (non-hydrogen) atoms. The van der Waals surface area contributed by atoms with Crippen molar-refractivity contribution in [2.24, 2.45) is 5.41 Å². The molecule has 164 valence electrons. The van der Waals surface area contributed by atoms with E-state index in [9.17, 15) is 9.59 Å². The highest BCUT2D eigenvalue weighted by molar-refractivity contribution is 6.31. The third-order valence-corrected chi connectivity index (χ3v) is 6.74. The zero-order chi connectivity index (χ0) is 22.8. The van der Waals surface area contributed by atoms with E-state index >= 15 is 0 Å². The number of hydrogen-bond donors (Lipinski definition) is 2. The smallest absolute Gasteiger partial charge is 0.198 e. The molecule has 0 amide bonds. The van der Waals surface area contributed by atoms with Crippen molar-refractivity contribution in [2.75, 3.05) is 10.6 Å². The third-order valence-electron chi connectivity index (χ3n) is 6.50. The molecule has 5 rings (SSSR count). The first kappa shape index (κ1) is 20.8. The minimum absolute atomic E-state index is 0.0353. The van der Waals surface area contributed by atoms with E-state index in [2.05, 4.69) is 43.5 Å². The van der Waals surface area contributed by atoms with Gasteiger partial charge in [-0.1, -0.05) is 25.4 Å². The molecule has 0 radical (unpaired) electrons. The normalized spacial score (nSPS) is 19.7. The number of allylic oxidation sites excluding steroid dienone is 1. The van der Waals surface area contributed by atoms with Gasteiger partial charge < -0.3 is 15.1 Å². The molecule has 5 nitrogen and oxygen atoms in total. The van der Waals surface area contributed by atoms with Crippen molar-refractivity contribution in [1.82, 2.24) is 0 Å². The van der Waals surface area contributed by atoms with E-state index in [1.807, 2.05) is 6.92 Å². The largest absolute Gasteiger partial charge is 0.464 e. The highest BCUT2D eigenvalue weighted by Gasteiger charge is 2.39. The second-order valence-electron chi connectivity index (χ2n) is 9.68. The molecule has 1 atom stereocenters. The molecule has 3 aromatic rings. The molecule has 2 N–H and O–H groups in total. The molecule has 0 bridgehead atoms. The van der Waals surface area contributed by atoms with Crippen LogP contribution in [0.2, 0.25) is 5.02 Å². The van der Waals surface area contributed by atoms with Gasteiger partial charge >= 0.3 is 0 Å². The van der Waals surface area contributed by atoms with Crippen LogP contribution >= 0.6 is 11.6 Å². The predicted octanol–water partition coefficient (Wildman–Crippen LogP) is 6.29. The molecule has 2 aromatic carbocycles. The molecule has 0 saturated carbocycles. The van der Waals surface area contributed by atoms with Gasteiger partial charge in [0.15, 0.2) is 11.2 Å². The number of rotatable bonds is 1. The second-order valence-corrected chi connectivity index (χ2v) is 10.1. The van der Waals surface area contributed by atoms with Gasteiger partial charge in [-0.3, -0.25) is 9.59 Å². The first-order valence-corrected chi connectivity index (χ1v) is 11.1. The minimum Gasteiger partial charge on any atom is -0.464 e. The van der Waals surface area contributed by atoms with Crippen molar-refractivity contribution in [3.05, 3.63) is 79.8 Å². The predicted molar refractivity (Wildman–Crippen MR) is 128 cm³/mol. The van der Waals surface area contributed by atoms with Crippen LogP contribution in [0.3, 0.4) is 0 Å². The van der Waals surface area contributed by atoms with Crippen LogP contribution in [0.4, 0.5) is 11.4 Å². The maximum Gasteiger partial charge on any atom is 0.198 e. The van der Waals surface area contributed by atoms with Gasteiger partial charge in [0.1, 0.15) is 11.8 Å². The molecule has 0 unspecified atom stereocenters. The number of aryl methyl sites for hydroxylation is 2. The number of benzene rings is 2. The average molecular weight is 449 g/mol. The van der Waals surface area contributed by atoms with Gasteiger partial charge in [0.25, 0.3) is 0 Å². The highest BCUT2D eigenvalue weighted by Crippen LogP contribution is 2.45. The van der Waals surface area contributed by atoms with Crippen LogP contribution in [0.5, 0.6) is 0 Å². The summed E-state index contributed by atoms with van der Waals surface area (Å²) in [6.07, 6.45) is 2.61. The number of Topliss-reactive ketones (excluding diaryl/α,β-unsaturated/α-hetero) is 1. The third kappa shape index (κ3) is 3.41. The summed E-state index contributed by atoms with van der Waals surface area (Å²) >= 11 is 6.15. The van der Waals surface area contributed by atoms with Crippen LogP contribution in [-0.2, 0) is 4.79 Å². The minimum atomic E-state index is -0.621. The Morgan fingerprint density at radius 3 is 2.50 bits per heavy atom. The number of carbonyl (C=O) groups is 1. The highest BCUT2D eigenvalue weighted by atomic mass is 35.5. The van der Waals surface area contributed by atoms with Crippen molar-refractivity contribution in [2.45, 2.75) is 46.6 Å². The number of fused-ring (bicyclic) bond motifs is 2. The summed E-state index contributed by atoms with van der Waals surface area (Å²) in [6.45, 7) is 8.30. The Bertz CT molecular complexity index is 1380. The Balaban J connectivity index is 1.76. The fraction of sp³-hybridized carbons (Fsp3) is 0.308. The quantitative estimate of drug-likeness (QED) is 0.458. The molecule has 0 fully saturated rings. The summed E-state index contributed by atoms with van der Waals surface area (Å²) in [6, 6.07) is 8.51. The summed E-state index contributed by atoms with van der Waals surface area (Å²) in [5.74, 6) is 0.0353. The molecule has 1 aromatic heterocycles.